The minimum absolute atomic E-state index is 0.0971. The average molecular weight is 361 g/mol. The van der Waals surface area contributed by atoms with E-state index in [0.717, 1.165) is 57.8 Å². The molecule has 1 unspecified atom stereocenters. The van der Waals surface area contributed by atoms with E-state index in [1.807, 2.05) is 0 Å². The first-order chi connectivity index (χ1) is 12.6. The van der Waals surface area contributed by atoms with Gasteiger partial charge in [-0.05, 0) is 44.7 Å². The van der Waals surface area contributed by atoms with Gasteiger partial charge in [0.15, 0.2) is 0 Å². The first-order valence-electron chi connectivity index (χ1n) is 9.89. The molecule has 2 aliphatic rings. The molecule has 0 bridgehead atoms. The van der Waals surface area contributed by atoms with E-state index < -0.39 is 0 Å². The van der Waals surface area contributed by atoms with Gasteiger partial charge in [0, 0.05) is 45.7 Å². The second-order valence-corrected chi connectivity index (χ2v) is 7.59. The summed E-state index contributed by atoms with van der Waals surface area (Å²) in [6, 6.07) is 1.63. The third-order valence-electron chi connectivity index (χ3n) is 5.51. The van der Waals surface area contributed by atoms with Crippen molar-refractivity contribution in [3.63, 3.8) is 0 Å². The fraction of sp³-hybridized carbons (Fsp3) is 0.737. The number of hydrogen-bond donors (Lipinski definition) is 1. The van der Waals surface area contributed by atoms with Crippen LogP contribution in [-0.4, -0.2) is 59.9 Å². The number of likely N-dealkylation sites (tertiary alicyclic amines) is 1. The molecule has 0 aromatic carbocycles. The SMILES string of the molecule is Cn1ncc(N2CCCC(CC(=O)NCCN3CCCCC3)C2)cc1=O. The maximum Gasteiger partial charge on any atom is 0.268 e. The number of anilines is 1. The van der Waals surface area contributed by atoms with E-state index in [4.69, 9.17) is 0 Å². The van der Waals surface area contributed by atoms with Gasteiger partial charge in [0.05, 0.1) is 11.9 Å². The van der Waals surface area contributed by atoms with Crippen LogP contribution in [0.25, 0.3) is 0 Å². The van der Waals surface area contributed by atoms with Gasteiger partial charge in [-0.3, -0.25) is 9.59 Å². The Labute approximate surface area is 155 Å². The lowest BCUT2D eigenvalue weighted by molar-refractivity contribution is -0.122. The topological polar surface area (TPSA) is 70.5 Å². The highest BCUT2D eigenvalue weighted by Crippen LogP contribution is 2.23. The molecule has 1 aromatic rings. The number of nitrogens with zero attached hydrogens (tertiary/aromatic N) is 4. The van der Waals surface area contributed by atoms with Crippen LogP contribution < -0.4 is 15.8 Å². The lowest BCUT2D eigenvalue weighted by atomic mass is 9.94. The van der Waals surface area contributed by atoms with Gasteiger partial charge in [-0.25, -0.2) is 4.68 Å². The van der Waals surface area contributed by atoms with Crippen molar-refractivity contribution in [3.05, 3.63) is 22.6 Å². The molecule has 0 radical (unpaired) electrons. The summed E-state index contributed by atoms with van der Waals surface area (Å²) < 4.78 is 1.33. The van der Waals surface area contributed by atoms with Gasteiger partial charge in [-0.1, -0.05) is 6.42 Å². The molecule has 0 spiro atoms. The number of piperidine rings is 2. The van der Waals surface area contributed by atoms with Gasteiger partial charge in [-0.2, -0.15) is 5.10 Å². The predicted molar refractivity (Wildman–Crippen MR) is 102 cm³/mol. The molecular formula is C19H31N5O2. The largest absolute Gasteiger partial charge is 0.370 e. The summed E-state index contributed by atoms with van der Waals surface area (Å²) in [7, 11) is 1.65. The Morgan fingerprint density at radius 3 is 2.81 bits per heavy atom. The fourth-order valence-electron chi connectivity index (χ4n) is 3.97. The van der Waals surface area contributed by atoms with Crippen molar-refractivity contribution in [3.8, 4) is 0 Å². The van der Waals surface area contributed by atoms with Gasteiger partial charge >= 0.3 is 0 Å². The molecule has 26 heavy (non-hydrogen) atoms. The van der Waals surface area contributed by atoms with Crippen LogP contribution in [-0.2, 0) is 11.8 Å². The molecule has 2 fully saturated rings. The number of carbonyl (C=O) groups excluding carboxylic acids is 1. The quantitative estimate of drug-likeness (QED) is 0.818. The first kappa shape index (κ1) is 18.9. The summed E-state index contributed by atoms with van der Waals surface area (Å²) in [5.41, 5.74) is 0.767. The summed E-state index contributed by atoms with van der Waals surface area (Å²) in [5, 5.41) is 7.19. The van der Waals surface area contributed by atoms with Crippen LogP contribution in [0.15, 0.2) is 17.1 Å². The Morgan fingerprint density at radius 1 is 1.23 bits per heavy atom. The van der Waals surface area contributed by atoms with E-state index in [0.29, 0.717) is 12.3 Å². The van der Waals surface area contributed by atoms with Crippen molar-refractivity contribution in [2.45, 2.75) is 38.5 Å². The molecule has 0 aliphatic carbocycles. The number of aromatic nitrogens is 2. The highest BCUT2D eigenvalue weighted by Gasteiger charge is 2.23. The van der Waals surface area contributed by atoms with Crippen molar-refractivity contribution < 1.29 is 4.79 Å². The van der Waals surface area contributed by atoms with E-state index in [-0.39, 0.29) is 11.5 Å². The second-order valence-electron chi connectivity index (χ2n) is 7.59. The molecule has 2 aliphatic heterocycles. The molecule has 1 N–H and O–H groups in total. The molecule has 2 saturated heterocycles. The third kappa shape index (κ3) is 5.30. The molecular weight excluding hydrogens is 330 g/mol. The number of rotatable bonds is 6. The molecule has 1 amide bonds. The molecule has 1 aromatic heterocycles. The predicted octanol–water partition coefficient (Wildman–Crippen LogP) is 0.989. The van der Waals surface area contributed by atoms with Crippen LogP contribution in [0.1, 0.15) is 38.5 Å². The normalized spacial score (nSPS) is 21.6. The van der Waals surface area contributed by atoms with E-state index >= 15 is 0 Å². The van der Waals surface area contributed by atoms with Crippen LogP contribution in [0.5, 0.6) is 0 Å². The van der Waals surface area contributed by atoms with E-state index in [1.165, 1.54) is 23.9 Å². The Kier molecular flexibility index (Phi) is 6.66. The van der Waals surface area contributed by atoms with E-state index in [2.05, 4.69) is 20.2 Å². The average Bonchev–Trinajstić information content (AvgIpc) is 2.65. The number of amides is 1. The van der Waals surface area contributed by atoms with Crippen molar-refractivity contribution in [1.82, 2.24) is 20.0 Å². The van der Waals surface area contributed by atoms with Crippen LogP contribution in [0.4, 0.5) is 5.69 Å². The van der Waals surface area contributed by atoms with Gasteiger partial charge in [0.1, 0.15) is 0 Å². The van der Waals surface area contributed by atoms with Crippen molar-refractivity contribution in [2.75, 3.05) is 44.2 Å². The molecule has 144 valence electrons. The molecule has 7 heteroatoms. The Balaban J connectivity index is 1.43. The van der Waals surface area contributed by atoms with Crippen molar-refractivity contribution >= 4 is 11.6 Å². The molecule has 1 atom stereocenters. The number of hydrogen-bond acceptors (Lipinski definition) is 5. The maximum absolute atomic E-state index is 12.3. The van der Waals surface area contributed by atoms with Gasteiger partial charge in [0.2, 0.25) is 5.91 Å². The smallest absolute Gasteiger partial charge is 0.268 e. The van der Waals surface area contributed by atoms with Crippen molar-refractivity contribution in [1.29, 1.82) is 0 Å². The molecule has 0 saturated carbocycles. The number of nitrogens with one attached hydrogen (secondary N) is 1. The molecule has 3 rings (SSSR count). The zero-order valence-corrected chi connectivity index (χ0v) is 15.8. The highest BCUT2D eigenvalue weighted by molar-refractivity contribution is 5.76. The van der Waals surface area contributed by atoms with Gasteiger partial charge < -0.3 is 15.1 Å². The van der Waals surface area contributed by atoms with Crippen LogP contribution in [0.2, 0.25) is 0 Å². The lowest BCUT2D eigenvalue weighted by Gasteiger charge is -2.34. The van der Waals surface area contributed by atoms with Crippen LogP contribution in [0, 0.1) is 5.92 Å². The van der Waals surface area contributed by atoms with Gasteiger partial charge in [0.25, 0.3) is 5.56 Å². The Hall–Kier alpha value is -1.89. The standard InChI is InChI=1S/C19H31N5O2/c1-22-19(26)13-17(14-21-22)24-10-5-6-16(15-24)12-18(25)20-7-11-23-8-3-2-4-9-23/h13-14,16H,2-12,15H2,1H3,(H,20,25). The summed E-state index contributed by atoms with van der Waals surface area (Å²) in [4.78, 5) is 28.7. The zero-order valence-electron chi connectivity index (χ0n) is 15.8. The summed E-state index contributed by atoms with van der Waals surface area (Å²) in [6.07, 6.45) is 8.31. The Morgan fingerprint density at radius 2 is 2.04 bits per heavy atom. The fourth-order valence-corrected chi connectivity index (χ4v) is 3.97. The summed E-state index contributed by atoms with van der Waals surface area (Å²) in [5.74, 6) is 0.485. The van der Waals surface area contributed by atoms with E-state index in [1.54, 1.807) is 19.3 Å². The minimum Gasteiger partial charge on any atom is -0.370 e. The molecule has 3 heterocycles. The third-order valence-corrected chi connectivity index (χ3v) is 5.51. The number of carbonyl (C=O) groups is 1. The van der Waals surface area contributed by atoms with E-state index in [9.17, 15) is 9.59 Å². The zero-order chi connectivity index (χ0) is 18.4. The van der Waals surface area contributed by atoms with Crippen LogP contribution >= 0.6 is 0 Å². The first-order valence-corrected chi connectivity index (χ1v) is 9.89. The van der Waals surface area contributed by atoms with Gasteiger partial charge in [-0.15, -0.1) is 0 Å². The Bertz CT molecular complexity index is 654. The molecule has 7 nitrogen and oxygen atoms in total. The van der Waals surface area contributed by atoms with Crippen molar-refractivity contribution in [2.24, 2.45) is 13.0 Å². The monoisotopic (exact) mass is 361 g/mol. The summed E-state index contributed by atoms with van der Waals surface area (Å²) >= 11 is 0. The lowest BCUT2D eigenvalue weighted by Crippen LogP contribution is -2.40. The highest BCUT2D eigenvalue weighted by atomic mass is 16.1. The summed E-state index contributed by atoms with van der Waals surface area (Å²) in [6.45, 7) is 5.77. The second kappa shape index (κ2) is 9.16. The maximum atomic E-state index is 12.3. The minimum atomic E-state index is -0.0971. The van der Waals surface area contributed by atoms with Crippen LogP contribution in [0.3, 0.4) is 0 Å². The number of aryl methyl sites for hydroxylation is 1.